The molecule has 1 aromatic carbocycles. The van der Waals surface area contributed by atoms with Crippen molar-refractivity contribution in [1.29, 1.82) is 0 Å². The molecule has 0 aliphatic carbocycles. The van der Waals surface area contributed by atoms with Crippen LogP contribution in [0.4, 0.5) is 0 Å². The zero-order valence-corrected chi connectivity index (χ0v) is 22.2. The van der Waals surface area contributed by atoms with Crippen molar-refractivity contribution >= 4 is 11.8 Å². The lowest BCUT2D eigenvalue weighted by molar-refractivity contribution is -0.917. The van der Waals surface area contributed by atoms with Gasteiger partial charge in [-0.05, 0) is 50.8 Å². The fourth-order valence-electron chi connectivity index (χ4n) is 4.60. The number of rotatable bonds is 19. The second-order valence-corrected chi connectivity index (χ2v) is 9.74. The number of carbonyl (C=O) groups excluding carboxylic acids is 2. The molecule has 0 unspecified atom stereocenters. The summed E-state index contributed by atoms with van der Waals surface area (Å²) in [5.41, 5.74) is 3.51. The van der Waals surface area contributed by atoms with E-state index in [9.17, 15) is 9.59 Å². The summed E-state index contributed by atoms with van der Waals surface area (Å²) in [6.45, 7) is 14.0. The molecule has 0 saturated heterocycles. The summed E-state index contributed by atoms with van der Waals surface area (Å²) in [6.07, 6.45) is 12.2. The highest BCUT2D eigenvalue weighted by Gasteiger charge is 2.27. The number of likely N-dealkylation sites (N-methyl/N-ethyl adjacent to an activating group) is 1. The molecule has 0 bridgehead atoms. The number of esters is 1. The van der Waals surface area contributed by atoms with Gasteiger partial charge in [-0.25, -0.2) is 0 Å². The van der Waals surface area contributed by atoms with E-state index in [0.29, 0.717) is 37.0 Å². The first kappa shape index (κ1) is 29.4. The Balaban J connectivity index is 2.33. The van der Waals surface area contributed by atoms with Gasteiger partial charge in [0.1, 0.15) is 19.7 Å². The Morgan fingerprint density at radius 1 is 0.818 bits per heavy atom. The fourth-order valence-corrected chi connectivity index (χ4v) is 4.60. The maximum absolute atomic E-state index is 12.9. The van der Waals surface area contributed by atoms with Gasteiger partial charge in [0.25, 0.3) is 0 Å². The van der Waals surface area contributed by atoms with Crippen LogP contribution in [0.25, 0.3) is 0 Å². The molecule has 0 radical (unpaired) electrons. The van der Waals surface area contributed by atoms with E-state index in [1.54, 1.807) is 0 Å². The van der Waals surface area contributed by atoms with Gasteiger partial charge in [-0.3, -0.25) is 9.59 Å². The van der Waals surface area contributed by atoms with Crippen molar-refractivity contribution in [3.8, 4) is 0 Å². The molecule has 1 aromatic rings. The monoisotopic (exact) mass is 460 g/mol. The van der Waals surface area contributed by atoms with Crippen molar-refractivity contribution in [3.63, 3.8) is 0 Å². The molecule has 0 heterocycles. The molecular weight excluding hydrogens is 410 g/mol. The van der Waals surface area contributed by atoms with Crippen LogP contribution in [-0.4, -0.2) is 49.0 Å². The van der Waals surface area contributed by atoms with Gasteiger partial charge in [-0.2, -0.15) is 0 Å². The second kappa shape index (κ2) is 16.9. The molecule has 4 nitrogen and oxygen atoms in total. The molecular formula is C29H50NO3+. The van der Waals surface area contributed by atoms with Gasteiger partial charge < -0.3 is 9.22 Å². The smallest absolute Gasteiger partial charge is 0.305 e. The molecule has 0 amide bonds. The first-order chi connectivity index (χ1) is 15.9. The second-order valence-electron chi connectivity index (χ2n) is 9.74. The molecule has 0 saturated carbocycles. The van der Waals surface area contributed by atoms with Crippen LogP contribution in [-0.2, 0) is 20.7 Å². The highest BCUT2D eigenvalue weighted by Crippen LogP contribution is 2.16. The summed E-state index contributed by atoms with van der Waals surface area (Å²) >= 11 is 0. The zero-order chi connectivity index (χ0) is 24.5. The average Bonchev–Trinajstić information content (AvgIpc) is 2.79. The fraction of sp³-hybridized carbons (Fsp3) is 0.724. The number of Topliss-reactive ketones (excluding diaryl/α,β-unsaturated/α-hetero) is 1. The minimum Gasteiger partial charge on any atom is -0.460 e. The van der Waals surface area contributed by atoms with Gasteiger partial charge in [0.05, 0.1) is 13.1 Å². The van der Waals surface area contributed by atoms with Gasteiger partial charge >= 0.3 is 5.97 Å². The number of unbranched alkanes of at least 4 members (excludes halogenated alkanes) is 8. The number of aryl methyl sites for hydroxylation is 2. The molecule has 0 atom stereocenters. The van der Waals surface area contributed by atoms with Crippen LogP contribution < -0.4 is 0 Å². The van der Waals surface area contributed by atoms with Crippen LogP contribution in [0.1, 0.15) is 102 Å². The largest absolute Gasteiger partial charge is 0.460 e. The first-order valence-electron chi connectivity index (χ1n) is 13.4. The maximum atomic E-state index is 12.9. The molecule has 0 fully saturated rings. The number of benzene rings is 1. The van der Waals surface area contributed by atoms with Gasteiger partial charge in [0, 0.05) is 12.8 Å². The van der Waals surface area contributed by atoms with Crippen LogP contribution in [0, 0.1) is 13.8 Å². The van der Waals surface area contributed by atoms with Crippen LogP contribution in [0.3, 0.4) is 0 Å². The summed E-state index contributed by atoms with van der Waals surface area (Å²) in [6, 6.07) is 6.19. The average molecular weight is 461 g/mol. The van der Waals surface area contributed by atoms with Crippen molar-refractivity contribution in [2.45, 2.75) is 105 Å². The van der Waals surface area contributed by atoms with Crippen molar-refractivity contribution in [2.75, 3.05) is 32.8 Å². The molecule has 0 N–H and O–H groups in total. The van der Waals surface area contributed by atoms with Crippen LogP contribution in [0.2, 0.25) is 0 Å². The Morgan fingerprint density at radius 2 is 1.36 bits per heavy atom. The predicted molar refractivity (Wildman–Crippen MR) is 139 cm³/mol. The third-order valence-corrected chi connectivity index (χ3v) is 7.18. The van der Waals surface area contributed by atoms with Crippen LogP contribution in [0.15, 0.2) is 18.2 Å². The molecule has 0 spiro atoms. The molecule has 33 heavy (non-hydrogen) atoms. The number of hydrogen-bond acceptors (Lipinski definition) is 3. The van der Waals surface area contributed by atoms with Crippen LogP contribution in [0.5, 0.6) is 0 Å². The quantitative estimate of drug-likeness (QED) is 0.130. The highest BCUT2D eigenvalue weighted by atomic mass is 16.5. The Bertz CT molecular complexity index is 674. The maximum Gasteiger partial charge on any atom is 0.305 e. The van der Waals surface area contributed by atoms with E-state index in [2.05, 4.69) is 46.8 Å². The van der Waals surface area contributed by atoms with Crippen LogP contribution >= 0.6 is 0 Å². The molecule has 0 aliphatic rings. The zero-order valence-electron chi connectivity index (χ0n) is 22.2. The Kier molecular flexibility index (Phi) is 15.0. The van der Waals surface area contributed by atoms with Gasteiger partial charge in [-0.15, -0.1) is 0 Å². The minimum atomic E-state index is -0.0925. The number of quaternary nitrogens is 1. The summed E-state index contributed by atoms with van der Waals surface area (Å²) in [7, 11) is 0. The van der Waals surface area contributed by atoms with Crippen molar-refractivity contribution in [1.82, 2.24) is 0 Å². The van der Waals surface area contributed by atoms with Crippen molar-refractivity contribution < 1.29 is 18.8 Å². The predicted octanol–water partition coefficient (Wildman–Crippen LogP) is 6.74. The topological polar surface area (TPSA) is 43.4 Å². The summed E-state index contributed by atoms with van der Waals surface area (Å²) in [5, 5.41) is 0. The van der Waals surface area contributed by atoms with Crippen molar-refractivity contribution in [3.05, 3.63) is 34.9 Å². The van der Waals surface area contributed by atoms with E-state index in [-0.39, 0.29) is 11.8 Å². The molecule has 4 heteroatoms. The van der Waals surface area contributed by atoms with E-state index in [4.69, 9.17) is 4.74 Å². The van der Waals surface area contributed by atoms with E-state index in [1.165, 1.54) is 56.1 Å². The lowest BCUT2D eigenvalue weighted by atomic mass is 9.97. The number of carbonyl (C=O) groups is 2. The molecule has 0 aromatic heterocycles. The normalized spacial score (nSPS) is 11.5. The van der Waals surface area contributed by atoms with Gasteiger partial charge in [0.15, 0.2) is 5.78 Å². The molecule has 1 rings (SSSR count). The van der Waals surface area contributed by atoms with Gasteiger partial charge in [0.2, 0.25) is 0 Å². The summed E-state index contributed by atoms with van der Waals surface area (Å²) in [4.78, 5) is 25.1. The summed E-state index contributed by atoms with van der Waals surface area (Å²) < 4.78 is 6.22. The third-order valence-electron chi connectivity index (χ3n) is 7.18. The van der Waals surface area contributed by atoms with Crippen molar-refractivity contribution in [2.24, 2.45) is 0 Å². The Labute approximate surface area is 203 Å². The number of ether oxygens (including phenoxy) is 1. The molecule has 188 valence electrons. The Hall–Kier alpha value is -1.68. The standard InChI is InChI=1S/C29H50NO3/c1-6-9-10-11-12-13-14-15-16-20-29(32)33-22-21-30(7-2,8-3)24-27(31)23-28-25(4)18-17-19-26(28)5/h17-19H,6-16,20-24H2,1-5H3/q+1. The molecule has 0 aliphatic heterocycles. The summed E-state index contributed by atoms with van der Waals surface area (Å²) in [5.74, 6) is 0.169. The van der Waals surface area contributed by atoms with E-state index in [0.717, 1.165) is 31.5 Å². The Morgan fingerprint density at radius 3 is 1.91 bits per heavy atom. The lowest BCUT2D eigenvalue weighted by Gasteiger charge is -2.36. The van der Waals surface area contributed by atoms with E-state index >= 15 is 0 Å². The third kappa shape index (κ3) is 11.8. The lowest BCUT2D eigenvalue weighted by Crippen LogP contribution is -2.53. The number of hydrogen-bond donors (Lipinski definition) is 0. The van der Waals surface area contributed by atoms with E-state index < -0.39 is 0 Å². The highest BCUT2D eigenvalue weighted by molar-refractivity contribution is 5.82. The van der Waals surface area contributed by atoms with Gasteiger partial charge in [-0.1, -0.05) is 76.5 Å². The van der Waals surface area contributed by atoms with E-state index in [1.807, 2.05) is 6.07 Å². The first-order valence-corrected chi connectivity index (χ1v) is 13.4. The number of ketones is 1. The minimum absolute atomic E-state index is 0.0925. The SMILES string of the molecule is CCCCCCCCCCCC(=O)OCC[N+](CC)(CC)CC(=O)Cc1c(C)cccc1C. The number of nitrogens with zero attached hydrogens (tertiary/aromatic N) is 1.